The van der Waals surface area contributed by atoms with Crippen LogP contribution in [0.1, 0.15) is 18.4 Å². The van der Waals surface area contributed by atoms with E-state index in [4.69, 9.17) is 23.8 Å². The molecule has 0 bridgehead atoms. The molecule has 1 unspecified atom stereocenters. The minimum atomic E-state index is -1.77. The van der Waals surface area contributed by atoms with Crippen molar-refractivity contribution in [2.75, 3.05) is 33.8 Å². The lowest BCUT2D eigenvalue weighted by atomic mass is 9.89. The number of hydrogen-bond acceptors (Lipinski definition) is 8. The van der Waals surface area contributed by atoms with Crippen LogP contribution in [-0.4, -0.2) is 56.7 Å². The fraction of sp³-hybridized carbons (Fsp3) is 0.318. The van der Waals surface area contributed by atoms with Gasteiger partial charge in [0.1, 0.15) is 23.0 Å². The van der Waals surface area contributed by atoms with Gasteiger partial charge in [0.15, 0.2) is 0 Å². The number of rotatable bonds is 9. The van der Waals surface area contributed by atoms with E-state index in [1.165, 1.54) is 28.4 Å². The maximum Gasteiger partial charge on any atom is 0.308 e. The predicted molar refractivity (Wildman–Crippen MR) is 115 cm³/mol. The van der Waals surface area contributed by atoms with Crippen LogP contribution in [0.15, 0.2) is 41.6 Å². The molecule has 1 amide bonds. The lowest BCUT2D eigenvalue weighted by Crippen LogP contribution is -2.45. The van der Waals surface area contributed by atoms with Crippen molar-refractivity contribution in [2.24, 2.45) is 5.16 Å². The van der Waals surface area contributed by atoms with Gasteiger partial charge in [-0.1, -0.05) is 5.16 Å². The van der Waals surface area contributed by atoms with Gasteiger partial charge in [0.05, 0.1) is 46.3 Å². The molecule has 2 aromatic rings. The van der Waals surface area contributed by atoms with E-state index in [-0.39, 0.29) is 6.42 Å². The number of carbonyl (C=O) groups is 2. The maximum atomic E-state index is 13.3. The summed E-state index contributed by atoms with van der Waals surface area (Å²) in [6, 6.07) is 9.94. The van der Waals surface area contributed by atoms with E-state index < -0.39 is 23.9 Å². The molecule has 3 rings (SSSR count). The lowest BCUT2D eigenvalue weighted by molar-refractivity contribution is -0.152. The molecule has 1 atom stereocenters. The second-order valence-corrected chi connectivity index (χ2v) is 6.96. The van der Waals surface area contributed by atoms with Crippen molar-refractivity contribution >= 4 is 23.3 Å². The highest BCUT2D eigenvalue weighted by atomic mass is 16.7. The van der Waals surface area contributed by atoms with Crippen LogP contribution in [0.3, 0.4) is 0 Å². The first-order chi connectivity index (χ1) is 15.4. The van der Waals surface area contributed by atoms with Gasteiger partial charge < -0.3 is 34.2 Å². The first-order valence-corrected chi connectivity index (χ1v) is 9.58. The van der Waals surface area contributed by atoms with Crippen LogP contribution in [0.25, 0.3) is 0 Å². The number of carboxylic acid groups (broad SMARTS) is 1. The summed E-state index contributed by atoms with van der Waals surface area (Å²) < 4.78 is 21.1. The van der Waals surface area contributed by atoms with Crippen LogP contribution >= 0.6 is 0 Å². The molecule has 170 valence electrons. The van der Waals surface area contributed by atoms with Crippen molar-refractivity contribution in [1.29, 1.82) is 0 Å². The van der Waals surface area contributed by atoms with Crippen LogP contribution in [0.4, 0.5) is 5.69 Å². The number of hydrogen-bond donors (Lipinski definition) is 2. The van der Waals surface area contributed by atoms with Gasteiger partial charge in [-0.2, -0.15) is 0 Å². The number of methoxy groups -OCH3 is 4. The van der Waals surface area contributed by atoms with Gasteiger partial charge in [-0.05, 0) is 30.3 Å². The normalized spacial score (nSPS) is 17.1. The molecule has 0 fully saturated rings. The van der Waals surface area contributed by atoms with E-state index in [2.05, 4.69) is 10.5 Å². The molecular formula is C22H24N2O8. The van der Waals surface area contributed by atoms with Crippen molar-refractivity contribution in [3.05, 3.63) is 42.0 Å². The molecule has 32 heavy (non-hydrogen) atoms. The predicted octanol–water partition coefficient (Wildman–Crippen LogP) is 2.70. The first-order valence-electron chi connectivity index (χ1n) is 9.58. The maximum absolute atomic E-state index is 13.3. The third kappa shape index (κ3) is 4.53. The van der Waals surface area contributed by atoms with Crippen molar-refractivity contribution in [3.8, 4) is 23.0 Å². The summed E-state index contributed by atoms with van der Waals surface area (Å²) in [5.41, 5.74) is -0.582. The molecule has 0 spiro atoms. The van der Waals surface area contributed by atoms with Gasteiger partial charge in [-0.15, -0.1) is 0 Å². The van der Waals surface area contributed by atoms with Gasteiger partial charge in [0.2, 0.25) is 5.60 Å². The summed E-state index contributed by atoms with van der Waals surface area (Å²) in [4.78, 5) is 30.4. The van der Waals surface area contributed by atoms with Crippen LogP contribution in [0.2, 0.25) is 0 Å². The quantitative estimate of drug-likeness (QED) is 0.605. The summed E-state index contributed by atoms with van der Waals surface area (Å²) >= 11 is 0. The molecule has 1 heterocycles. The zero-order valence-electron chi connectivity index (χ0n) is 18.1. The lowest BCUT2D eigenvalue weighted by Gasteiger charge is -2.24. The Bertz CT molecular complexity index is 1050. The van der Waals surface area contributed by atoms with E-state index in [9.17, 15) is 14.7 Å². The monoisotopic (exact) mass is 444 g/mol. The summed E-state index contributed by atoms with van der Waals surface area (Å²) in [6.45, 7) is 0. The molecule has 0 aromatic heterocycles. The molecule has 0 radical (unpaired) electrons. The van der Waals surface area contributed by atoms with Crippen molar-refractivity contribution in [1.82, 2.24) is 0 Å². The number of ether oxygens (including phenoxy) is 4. The fourth-order valence-corrected chi connectivity index (χ4v) is 3.35. The van der Waals surface area contributed by atoms with E-state index in [1.807, 2.05) is 0 Å². The van der Waals surface area contributed by atoms with Gasteiger partial charge >= 0.3 is 5.97 Å². The number of nitrogens with one attached hydrogen (secondary N) is 1. The average Bonchev–Trinajstić information content (AvgIpc) is 3.22. The third-order valence-electron chi connectivity index (χ3n) is 5.01. The molecule has 0 saturated carbocycles. The topological polar surface area (TPSA) is 125 Å². The number of anilines is 1. The molecular weight excluding hydrogens is 420 g/mol. The number of carbonyl (C=O) groups excluding carboxylic acids is 1. The summed E-state index contributed by atoms with van der Waals surface area (Å²) in [7, 11) is 5.95. The summed E-state index contributed by atoms with van der Waals surface area (Å²) in [5, 5.41) is 16.2. The smallest absolute Gasteiger partial charge is 0.308 e. The fourth-order valence-electron chi connectivity index (χ4n) is 3.35. The molecule has 10 heteroatoms. The van der Waals surface area contributed by atoms with E-state index in [1.54, 1.807) is 36.4 Å². The van der Waals surface area contributed by atoms with E-state index in [0.717, 1.165) is 0 Å². The number of nitrogens with zero attached hydrogens (tertiary/aromatic N) is 1. The number of benzene rings is 2. The number of aliphatic carboxylic acids is 1. The largest absolute Gasteiger partial charge is 0.497 e. The van der Waals surface area contributed by atoms with Crippen molar-refractivity contribution in [2.45, 2.75) is 18.4 Å². The van der Waals surface area contributed by atoms with Crippen LogP contribution in [0.5, 0.6) is 23.0 Å². The highest BCUT2D eigenvalue weighted by molar-refractivity contribution is 6.10. The second kappa shape index (κ2) is 9.46. The molecule has 2 aromatic carbocycles. The van der Waals surface area contributed by atoms with Gasteiger partial charge in [-0.25, -0.2) is 0 Å². The SMILES string of the molecule is COc1ccc(OC)c(NC(=O)C2(CC(=O)O)CC(c3cc(OC)ccc3OC)=NO2)c1. The van der Waals surface area contributed by atoms with Gasteiger partial charge in [0.25, 0.3) is 5.91 Å². The van der Waals surface area contributed by atoms with Crippen LogP contribution in [-0.2, 0) is 14.4 Å². The third-order valence-corrected chi connectivity index (χ3v) is 5.01. The van der Waals surface area contributed by atoms with Crippen LogP contribution in [0, 0.1) is 0 Å². The first kappa shape index (κ1) is 22.7. The standard InChI is InChI=1S/C22H24N2O8/c1-28-13-5-7-18(30-3)15(9-13)17-11-22(32-24-17,12-20(25)26)21(27)23-16-10-14(29-2)6-8-19(16)31-4/h5-10H,11-12H2,1-4H3,(H,23,27)(H,25,26). The Labute approximate surface area is 184 Å². The molecule has 0 saturated heterocycles. The van der Waals surface area contributed by atoms with E-state index in [0.29, 0.717) is 40.0 Å². The molecule has 1 aliphatic heterocycles. The second-order valence-electron chi connectivity index (χ2n) is 6.96. The average molecular weight is 444 g/mol. The Morgan fingerprint density at radius 1 is 1.00 bits per heavy atom. The molecule has 10 nitrogen and oxygen atoms in total. The Kier molecular flexibility index (Phi) is 6.72. The van der Waals surface area contributed by atoms with Crippen LogP contribution < -0.4 is 24.3 Å². The molecule has 0 aliphatic carbocycles. The van der Waals surface area contributed by atoms with Crippen molar-refractivity contribution < 1.29 is 38.5 Å². The Morgan fingerprint density at radius 2 is 1.62 bits per heavy atom. The number of carboxylic acids is 1. The number of oxime groups is 1. The van der Waals surface area contributed by atoms with Gasteiger partial charge in [-0.3, -0.25) is 9.59 Å². The minimum Gasteiger partial charge on any atom is -0.497 e. The van der Waals surface area contributed by atoms with Crippen molar-refractivity contribution in [3.63, 3.8) is 0 Å². The van der Waals surface area contributed by atoms with Gasteiger partial charge in [0, 0.05) is 18.1 Å². The number of amides is 1. The molecule has 2 N–H and O–H groups in total. The highest BCUT2D eigenvalue weighted by Crippen LogP contribution is 2.37. The Hall–Kier alpha value is -3.95. The molecule has 1 aliphatic rings. The zero-order chi connectivity index (χ0) is 23.3. The van der Waals surface area contributed by atoms with E-state index >= 15 is 0 Å². The highest BCUT2D eigenvalue weighted by Gasteiger charge is 2.49. The summed E-state index contributed by atoms with van der Waals surface area (Å²) in [6.07, 6.45) is -0.703. The zero-order valence-corrected chi connectivity index (χ0v) is 18.1. The Morgan fingerprint density at radius 3 is 2.22 bits per heavy atom. The Balaban J connectivity index is 1.93. The minimum absolute atomic E-state index is 0.0963. The summed E-state index contributed by atoms with van der Waals surface area (Å²) in [5.74, 6) is -0.0187.